The standard InChI is InChI=1S/C21H24O4/c1-24-20-13-11-16(14-19(20)23)8-6-4-3-5-7-9-17-10-12-18(22)21(15-17)25-2/h6-15,22-23H,3-5H2,1-2H3/b8-6+,9-7+. The van der Waals surface area contributed by atoms with E-state index in [1.165, 1.54) is 14.2 Å². The lowest BCUT2D eigenvalue weighted by molar-refractivity contribution is 0.373. The summed E-state index contributed by atoms with van der Waals surface area (Å²) in [5, 5.41) is 19.3. The number of aromatic hydroxyl groups is 2. The number of allylic oxidation sites excluding steroid dienone is 2. The Balaban J connectivity index is 1.76. The summed E-state index contributed by atoms with van der Waals surface area (Å²) in [5.41, 5.74) is 1.95. The number of unbranched alkanes of at least 4 members (excludes halogenated alkanes) is 2. The Labute approximate surface area is 148 Å². The zero-order chi connectivity index (χ0) is 18.1. The van der Waals surface area contributed by atoms with Crippen LogP contribution in [-0.4, -0.2) is 24.4 Å². The topological polar surface area (TPSA) is 58.9 Å². The van der Waals surface area contributed by atoms with Crippen molar-refractivity contribution in [3.63, 3.8) is 0 Å². The SMILES string of the molecule is COc1ccc(/C=C/CCC/C=C/c2ccc(O)c(OC)c2)cc1O. The fraction of sp³-hybridized carbons (Fsp3) is 0.238. The van der Waals surface area contributed by atoms with Crippen LogP contribution >= 0.6 is 0 Å². The highest BCUT2D eigenvalue weighted by atomic mass is 16.5. The highest BCUT2D eigenvalue weighted by molar-refractivity contribution is 5.56. The third-order valence-electron chi connectivity index (χ3n) is 3.77. The van der Waals surface area contributed by atoms with E-state index >= 15 is 0 Å². The predicted molar refractivity (Wildman–Crippen MR) is 101 cm³/mol. The first-order chi connectivity index (χ1) is 12.1. The molecule has 25 heavy (non-hydrogen) atoms. The van der Waals surface area contributed by atoms with E-state index in [1.54, 1.807) is 18.2 Å². The smallest absolute Gasteiger partial charge is 0.161 e. The van der Waals surface area contributed by atoms with Gasteiger partial charge < -0.3 is 19.7 Å². The van der Waals surface area contributed by atoms with Crippen molar-refractivity contribution in [3.05, 3.63) is 59.7 Å². The molecule has 0 spiro atoms. The third kappa shape index (κ3) is 5.60. The largest absolute Gasteiger partial charge is 0.504 e. The first-order valence-corrected chi connectivity index (χ1v) is 8.21. The van der Waals surface area contributed by atoms with Gasteiger partial charge in [0.15, 0.2) is 23.0 Å². The van der Waals surface area contributed by atoms with Gasteiger partial charge in [-0.1, -0.05) is 36.4 Å². The van der Waals surface area contributed by atoms with Crippen LogP contribution in [0.5, 0.6) is 23.0 Å². The molecule has 0 aliphatic heterocycles. The second-order valence-corrected chi connectivity index (χ2v) is 5.60. The van der Waals surface area contributed by atoms with Gasteiger partial charge in [0.1, 0.15) is 0 Å². The van der Waals surface area contributed by atoms with E-state index in [2.05, 4.69) is 12.2 Å². The van der Waals surface area contributed by atoms with Crippen LogP contribution < -0.4 is 9.47 Å². The Bertz CT molecular complexity index is 748. The van der Waals surface area contributed by atoms with Crippen molar-refractivity contribution >= 4 is 12.2 Å². The molecular formula is C21H24O4. The number of hydrogen-bond donors (Lipinski definition) is 2. The molecule has 0 aliphatic rings. The van der Waals surface area contributed by atoms with Gasteiger partial charge in [-0.15, -0.1) is 0 Å². The normalized spacial score (nSPS) is 11.3. The molecule has 0 heterocycles. The molecule has 0 bridgehead atoms. The maximum atomic E-state index is 9.73. The third-order valence-corrected chi connectivity index (χ3v) is 3.77. The van der Waals surface area contributed by atoms with Crippen LogP contribution in [0.3, 0.4) is 0 Å². The summed E-state index contributed by atoms with van der Waals surface area (Å²) in [4.78, 5) is 0. The Morgan fingerprint density at radius 3 is 1.96 bits per heavy atom. The molecule has 0 aliphatic carbocycles. The van der Waals surface area contributed by atoms with E-state index in [1.807, 2.05) is 30.4 Å². The number of rotatable bonds is 8. The molecule has 0 unspecified atom stereocenters. The lowest BCUT2D eigenvalue weighted by atomic mass is 10.1. The van der Waals surface area contributed by atoms with Crippen molar-refractivity contribution in [2.75, 3.05) is 14.2 Å². The molecule has 0 aromatic heterocycles. The van der Waals surface area contributed by atoms with Crippen LogP contribution in [0.25, 0.3) is 12.2 Å². The lowest BCUT2D eigenvalue weighted by Gasteiger charge is -2.03. The van der Waals surface area contributed by atoms with Gasteiger partial charge in [-0.05, 0) is 54.7 Å². The van der Waals surface area contributed by atoms with Crippen molar-refractivity contribution in [3.8, 4) is 23.0 Å². The summed E-state index contributed by atoms with van der Waals surface area (Å²) >= 11 is 0. The lowest BCUT2D eigenvalue weighted by Crippen LogP contribution is -1.84. The zero-order valence-electron chi connectivity index (χ0n) is 14.6. The van der Waals surface area contributed by atoms with Crippen LogP contribution in [0, 0.1) is 0 Å². The van der Waals surface area contributed by atoms with E-state index in [9.17, 15) is 10.2 Å². The van der Waals surface area contributed by atoms with E-state index in [-0.39, 0.29) is 11.5 Å². The van der Waals surface area contributed by atoms with E-state index in [4.69, 9.17) is 9.47 Å². The minimum Gasteiger partial charge on any atom is -0.504 e. The fourth-order valence-corrected chi connectivity index (χ4v) is 2.40. The predicted octanol–water partition coefficient (Wildman–Crippen LogP) is 5.01. The summed E-state index contributed by atoms with van der Waals surface area (Å²) in [7, 11) is 3.07. The molecule has 132 valence electrons. The van der Waals surface area contributed by atoms with Crippen LogP contribution in [0.1, 0.15) is 30.4 Å². The Hall–Kier alpha value is -2.88. The highest BCUT2D eigenvalue weighted by Gasteiger charge is 2.00. The molecular weight excluding hydrogens is 316 g/mol. The maximum absolute atomic E-state index is 9.73. The zero-order valence-corrected chi connectivity index (χ0v) is 14.6. The summed E-state index contributed by atoms with van der Waals surface area (Å²) in [6.45, 7) is 0. The van der Waals surface area contributed by atoms with Crippen molar-refractivity contribution in [1.82, 2.24) is 0 Å². The van der Waals surface area contributed by atoms with Gasteiger partial charge in [0.2, 0.25) is 0 Å². The van der Waals surface area contributed by atoms with Gasteiger partial charge in [-0.25, -0.2) is 0 Å². The van der Waals surface area contributed by atoms with Crippen molar-refractivity contribution in [2.24, 2.45) is 0 Å². The molecule has 0 fully saturated rings. The summed E-state index contributed by atoms with van der Waals surface area (Å²) in [6, 6.07) is 10.6. The number of benzene rings is 2. The molecule has 4 heteroatoms. The fourth-order valence-electron chi connectivity index (χ4n) is 2.40. The van der Waals surface area contributed by atoms with Crippen LogP contribution in [0.2, 0.25) is 0 Å². The number of hydrogen-bond acceptors (Lipinski definition) is 4. The van der Waals surface area contributed by atoms with E-state index < -0.39 is 0 Å². The van der Waals surface area contributed by atoms with Crippen LogP contribution in [-0.2, 0) is 0 Å². The minimum atomic E-state index is 0.148. The number of phenolic OH excluding ortho intramolecular Hbond substituents is 2. The van der Waals surface area contributed by atoms with Gasteiger partial charge in [-0.2, -0.15) is 0 Å². The first-order valence-electron chi connectivity index (χ1n) is 8.21. The molecule has 2 aromatic rings. The van der Waals surface area contributed by atoms with Crippen molar-refractivity contribution < 1.29 is 19.7 Å². The molecule has 2 rings (SSSR count). The number of ether oxygens (including phenoxy) is 2. The minimum absolute atomic E-state index is 0.148. The van der Waals surface area contributed by atoms with Crippen LogP contribution in [0.4, 0.5) is 0 Å². The summed E-state index contributed by atoms with van der Waals surface area (Å²) in [6.07, 6.45) is 11.2. The average molecular weight is 340 g/mol. The summed E-state index contributed by atoms with van der Waals surface area (Å²) in [5.74, 6) is 1.26. The Kier molecular flexibility index (Phi) is 6.96. The molecule has 0 atom stereocenters. The molecule has 0 amide bonds. The van der Waals surface area contributed by atoms with E-state index in [0.29, 0.717) is 11.5 Å². The molecule has 4 nitrogen and oxygen atoms in total. The Morgan fingerprint density at radius 2 is 1.36 bits per heavy atom. The molecule has 0 saturated heterocycles. The maximum Gasteiger partial charge on any atom is 0.161 e. The van der Waals surface area contributed by atoms with Gasteiger partial charge >= 0.3 is 0 Å². The monoisotopic (exact) mass is 340 g/mol. The van der Waals surface area contributed by atoms with Crippen LogP contribution in [0.15, 0.2) is 48.6 Å². The van der Waals surface area contributed by atoms with Gasteiger partial charge in [0, 0.05) is 0 Å². The average Bonchev–Trinajstić information content (AvgIpc) is 2.62. The molecule has 2 N–H and O–H groups in total. The number of methoxy groups -OCH3 is 2. The van der Waals surface area contributed by atoms with Gasteiger partial charge in [0.05, 0.1) is 14.2 Å². The first kappa shape index (κ1) is 18.5. The van der Waals surface area contributed by atoms with Gasteiger partial charge in [-0.3, -0.25) is 0 Å². The molecule has 0 radical (unpaired) electrons. The number of phenols is 2. The molecule has 0 saturated carbocycles. The quantitative estimate of drug-likeness (QED) is 0.663. The Morgan fingerprint density at radius 1 is 0.760 bits per heavy atom. The second kappa shape index (κ2) is 9.42. The molecule has 2 aromatic carbocycles. The summed E-state index contributed by atoms with van der Waals surface area (Å²) < 4.78 is 10.1. The van der Waals surface area contributed by atoms with E-state index in [0.717, 1.165) is 30.4 Å². The van der Waals surface area contributed by atoms with Crippen molar-refractivity contribution in [1.29, 1.82) is 0 Å². The van der Waals surface area contributed by atoms with Gasteiger partial charge in [0.25, 0.3) is 0 Å². The van der Waals surface area contributed by atoms with Crippen molar-refractivity contribution in [2.45, 2.75) is 19.3 Å². The second-order valence-electron chi connectivity index (χ2n) is 5.60. The highest BCUT2D eigenvalue weighted by Crippen LogP contribution is 2.27.